The van der Waals surface area contributed by atoms with Crippen LogP contribution in [0.25, 0.3) is 0 Å². The molecule has 0 amide bonds. The van der Waals surface area contributed by atoms with Gasteiger partial charge in [0.2, 0.25) is 0 Å². The van der Waals surface area contributed by atoms with Crippen LogP contribution in [0, 0.1) is 0 Å². The Hall–Kier alpha value is -1.96. The Labute approximate surface area is 84.3 Å². The molecular weight excluding hydrogens is 204 g/mol. The lowest BCUT2D eigenvalue weighted by Crippen LogP contribution is -2.31. The number of hydrogen-bond acceptors (Lipinski definition) is 5. The fourth-order valence-electron chi connectivity index (χ4n) is 0.901. The molecule has 0 unspecified atom stereocenters. The van der Waals surface area contributed by atoms with Gasteiger partial charge in [0.1, 0.15) is 6.04 Å². The van der Waals surface area contributed by atoms with Crippen molar-refractivity contribution >= 4 is 11.9 Å². The van der Waals surface area contributed by atoms with Crippen molar-refractivity contribution in [1.82, 2.24) is 15.0 Å². The lowest BCUT2D eigenvalue weighted by atomic mass is 10.2. The van der Waals surface area contributed by atoms with Gasteiger partial charge in [-0.1, -0.05) is 5.21 Å². The highest BCUT2D eigenvalue weighted by atomic mass is 16.4. The van der Waals surface area contributed by atoms with E-state index in [4.69, 9.17) is 15.9 Å². The number of aliphatic carboxylic acids is 1. The van der Waals surface area contributed by atoms with E-state index >= 15 is 0 Å². The van der Waals surface area contributed by atoms with Gasteiger partial charge in [-0.15, -0.1) is 5.10 Å². The maximum atomic E-state index is 10.4. The van der Waals surface area contributed by atoms with Crippen molar-refractivity contribution in [2.75, 3.05) is 0 Å². The fourth-order valence-corrected chi connectivity index (χ4v) is 0.901. The average molecular weight is 214 g/mol. The van der Waals surface area contributed by atoms with Crippen LogP contribution in [0.4, 0.5) is 0 Å². The first-order valence-corrected chi connectivity index (χ1v) is 4.12. The molecule has 0 spiro atoms. The molecule has 82 valence electrons. The highest BCUT2D eigenvalue weighted by Gasteiger charge is 2.13. The summed E-state index contributed by atoms with van der Waals surface area (Å²) in [5.74, 6) is -2.28. The van der Waals surface area contributed by atoms with E-state index < -0.39 is 18.0 Å². The third kappa shape index (κ3) is 3.02. The number of aromatic carboxylic acids is 1. The van der Waals surface area contributed by atoms with Crippen LogP contribution in [0.1, 0.15) is 16.9 Å². The van der Waals surface area contributed by atoms with E-state index in [0.29, 0.717) is 0 Å². The Balaban J connectivity index is 2.51. The van der Waals surface area contributed by atoms with E-state index in [9.17, 15) is 9.59 Å². The standard InChI is InChI=1S/C7H10N4O4/c8-4(6(12)13)1-2-11-3-5(7(14)15)9-10-11/h3-4H,1-2,8H2,(H,12,13)(H,14,15)/t4-/m0/s1. The van der Waals surface area contributed by atoms with Crippen molar-refractivity contribution in [3.8, 4) is 0 Å². The molecule has 4 N–H and O–H groups in total. The molecule has 1 aromatic heterocycles. The summed E-state index contributed by atoms with van der Waals surface area (Å²) in [6.07, 6.45) is 1.38. The summed E-state index contributed by atoms with van der Waals surface area (Å²) in [7, 11) is 0. The summed E-state index contributed by atoms with van der Waals surface area (Å²) in [4.78, 5) is 20.8. The molecule has 0 aliphatic carbocycles. The molecule has 0 radical (unpaired) electrons. The molecule has 0 aromatic carbocycles. The normalized spacial score (nSPS) is 12.3. The molecule has 1 heterocycles. The SMILES string of the molecule is N[C@@H](CCn1cc(C(=O)O)nn1)C(=O)O. The maximum absolute atomic E-state index is 10.4. The average Bonchev–Trinajstić information content (AvgIpc) is 2.62. The van der Waals surface area contributed by atoms with Crippen LogP contribution in [0.2, 0.25) is 0 Å². The predicted octanol–water partition coefficient (Wildman–Crippen LogP) is -1.22. The Kier molecular flexibility index (Phi) is 3.34. The lowest BCUT2D eigenvalue weighted by molar-refractivity contribution is -0.138. The minimum Gasteiger partial charge on any atom is -0.480 e. The highest BCUT2D eigenvalue weighted by molar-refractivity contribution is 5.84. The van der Waals surface area contributed by atoms with Crippen molar-refractivity contribution in [2.45, 2.75) is 19.0 Å². The Morgan fingerprint density at radius 2 is 2.20 bits per heavy atom. The smallest absolute Gasteiger partial charge is 0.358 e. The second-order valence-corrected chi connectivity index (χ2v) is 2.91. The van der Waals surface area contributed by atoms with Crippen LogP contribution >= 0.6 is 0 Å². The Morgan fingerprint density at radius 3 is 2.67 bits per heavy atom. The molecule has 1 aromatic rings. The molecule has 8 heteroatoms. The number of carbonyl (C=O) groups is 2. The molecule has 0 aliphatic heterocycles. The lowest BCUT2D eigenvalue weighted by Gasteiger charge is -2.04. The molecular formula is C7H10N4O4. The van der Waals surface area contributed by atoms with Crippen LogP contribution in [0.3, 0.4) is 0 Å². The third-order valence-corrected chi connectivity index (χ3v) is 1.74. The number of nitrogens with zero attached hydrogens (tertiary/aromatic N) is 3. The summed E-state index contributed by atoms with van der Waals surface area (Å²) in [6, 6.07) is -0.984. The number of hydrogen-bond donors (Lipinski definition) is 3. The summed E-state index contributed by atoms with van der Waals surface area (Å²) < 4.78 is 1.24. The Morgan fingerprint density at radius 1 is 1.53 bits per heavy atom. The summed E-state index contributed by atoms with van der Waals surface area (Å²) in [5, 5.41) is 23.9. The van der Waals surface area contributed by atoms with Crippen molar-refractivity contribution < 1.29 is 19.8 Å². The van der Waals surface area contributed by atoms with Crippen molar-refractivity contribution in [2.24, 2.45) is 5.73 Å². The van der Waals surface area contributed by atoms with Gasteiger partial charge in [-0.2, -0.15) is 0 Å². The topological polar surface area (TPSA) is 131 Å². The van der Waals surface area contributed by atoms with Gasteiger partial charge in [0, 0.05) is 6.54 Å². The summed E-state index contributed by atoms with van der Waals surface area (Å²) in [6.45, 7) is 0.216. The minimum absolute atomic E-state index is 0.164. The van der Waals surface area contributed by atoms with Crippen LogP contribution in [0.5, 0.6) is 0 Å². The first kappa shape index (κ1) is 11.1. The number of aryl methyl sites for hydroxylation is 1. The van der Waals surface area contributed by atoms with Gasteiger partial charge in [-0.25, -0.2) is 4.79 Å². The van der Waals surface area contributed by atoms with E-state index in [1.165, 1.54) is 10.9 Å². The molecule has 0 bridgehead atoms. The first-order chi connectivity index (χ1) is 7.00. The zero-order valence-electron chi connectivity index (χ0n) is 7.70. The number of aromatic nitrogens is 3. The molecule has 15 heavy (non-hydrogen) atoms. The molecule has 1 rings (SSSR count). The van der Waals surface area contributed by atoms with Gasteiger partial charge in [0.25, 0.3) is 0 Å². The first-order valence-electron chi connectivity index (χ1n) is 4.12. The monoisotopic (exact) mass is 214 g/mol. The van der Waals surface area contributed by atoms with Gasteiger partial charge in [0.15, 0.2) is 5.69 Å². The van der Waals surface area contributed by atoms with Crippen LogP contribution in [0.15, 0.2) is 6.20 Å². The number of carboxylic acid groups (broad SMARTS) is 2. The second-order valence-electron chi connectivity index (χ2n) is 2.91. The number of carboxylic acids is 2. The third-order valence-electron chi connectivity index (χ3n) is 1.74. The maximum Gasteiger partial charge on any atom is 0.358 e. The van der Waals surface area contributed by atoms with E-state index in [1.807, 2.05) is 0 Å². The molecule has 1 atom stereocenters. The van der Waals surface area contributed by atoms with Gasteiger partial charge in [-0.3, -0.25) is 9.48 Å². The predicted molar refractivity (Wildman–Crippen MR) is 47.2 cm³/mol. The molecule has 0 saturated heterocycles. The number of nitrogens with two attached hydrogens (primary N) is 1. The number of rotatable bonds is 5. The summed E-state index contributed by atoms with van der Waals surface area (Å²) >= 11 is 0. The molecule has 8 nitrogen and oxygen atoms in total. The van der Waals surface area contributed by atoms with Gasteiger partial charge in [0.05, 0.1) is 6.20 Å². The van der Waals surface area contributed by atoms with Crippen molar-refractivity contribution in [1.29, 1.82) is 0 Å². The second kappa shape index (κ2) is 4.51. The zero-order chi connectivity index (χ0) is 11.4. The van der Waals surface area contributed by atoms with Crippen LogP contribution < -0.4 is 5.73 Å². The van der Waals surface area contributed by atoms with Gasteiger partial charge >= 0.3 is 11.9 Å². The van der Waals surface area contributed by atoms with E-state index in [0.717, 1.165) is 0 Å². The Bertz CT molecular complexity index is 375. The van der Waals surface area contributed by atoms with Gasteiger partial charge in [-0.05, 0) is 6.42 Å². The zero-order valence-corrected chi connectivity index (χ0v) is 7.70. The van der Waals surface area contributed by atoms with Crippen LogP contribution in [-0.2, 0) is 11.3 Å². The van der Waals surface area contributed by atoms with E-state index in [1.54, 1.807) is 0 Å². The van der Waals surface area contributed by atoms with Gasteiger partial charge < -0.3 is 15.9 Å². The van der Waals surface area contributed by atoms with E-state index in [-0.39, 0.29) is 18.7 Å². The summed E-state index contributed by atoms with van der Waals surface area (Å²) in [5.41, 5.74) is 5.07. The van der Waals surface area contributed by atoms with Crippen molar-refractivity contribution in [3.05, 3.63) is 11.9 Å². The van der Waals surface area contributed by atoms with Crippen LogP contribution in [-0.4, -0.2) is 43.2 Å². The largest absolute Gasteiger partial charge is 0.480 e. The fraction of sp³-hybridized carbons (Fsp3) is 0.429. The van der Waals surface area contributed by atoms with Crippen molar-refractivity contribution in [3.63, 3.8) is 0 Å². The molecule has 0 saturated carbocycles. The minimum atomic E-state index is -1.18. The molecule has 0 fully saturated rings. The molecule has 0 aliphatic rings. The quantitative estimate of drug-likeness (QED) is 0.559. The van der Waals surface area contributed by atoms with E-state index in [2.05, 4.69) is 10.3 Å². The highest BCUT2D eigenvalue weighted by Crippen LogP contribution is 1.96.